The highest BCUT2D eigenvalue weighted by Crippen LogP contribution is 2.26. The summed E-state index contributed by atoms with van der Waals surface area (Å²) in [5.41, 5.74) is 1.41. The number of nitrogens with one attached hydrogen (secondary N) is 1. The summed E-state index contributed by atoms with van der Waals surface area (Å²) in [5, 5.41) is 8.29. The number of fused-ring (bicyclic) bond motifs is 3. The largest absolute Gasteiger partial charge is 0.378 e. The molecule has 1 aromatic carbocycles. The number of H-pyrrole nitrogens is 1. The Kier molecular flexibility index (Phi) is 4.23. The minimum absolute atomic E-state index is 0.152. The van der Waals surface area contributed by atoms with E-state index in [1.54, 1.807) is 6.20 Å². The van der Waals surface area contributed by atoms with E-state index in [1.165, 1.54) is 0 Å². The van der Waals surface area contributed by atoms with E-state index >= 15 is 0 Å². The van der Waals surface area contributed by atoms with Gasteiger partial charge in [0.1, 0.15) is 5.52 Å². The minimum Gasteiger partial charge on any atom is -0.378 e. The van der Waals surface area contributed by atoms with Gasteiger partial charge in [-0.25, -0.2) is 5.10 Å². The first-order valence-corrected chi connectivity index (χ1v) is 8.56. The zero-order valence-electron chi connectivity index (χ0n) is 13.9. The third-order valence-electron chi connectivity index (χ3n) is 4.72. The maximum absolute atomic E-state index is 12.3. The highest BCUT2D eigenvalue weighted by Gasteiger charge is 2.17. The second kappa shape index (κ2) is 6.68. The van der Waals surface area contributed by atoms with Crippen LogP contribution in [0.4, 0.5) is 0 Å². The standard InChI is InChI=1S/C18H20N4O3/c23-16(21-8-10-25-11-9-21)6-3-7-22-15-5-2-1-4-13(15)14-12-19-20-18(24)17(14)22/h1-2,4-5,12H,3,6-11H2,(H,20,24). The van der Waals surface area contributed by atoms with Crippen molar-refractivity contribution in [3.8, 4) is 0 Å². The van der Waals surface area contributed by atoms with Gasteiger partial charge in [-0.1, -0.05) is 18.2 Å². The molecule has 0 unspecified atom stereocenters. The highest BCUT2D eigenvalue weighted by molar-refractivity contribution is 6.07. The molecule has 2 aromatic heterocycles. The Labute approximate surface area is 144 Å². The SMILES string of the molecule is O=C(CCCn1c2ccccc2c2cn[nH]c(=O)c21)N1CCOCC1. The summed E-state index contributed by atoms with van der Waals surface area (Å²) in [4.78, 5) is 26.4. The number of hydrogen-bond acceptors (Lipinski definition) is 4. The van der Waals surface area contributed by atoms with Crippen molar-refractivity contribution in [1.29, 1.82) is 0 Å². The maximum atomic E-state index is 12.3. The van der Waals surface area contributed by atoms with Crippen LogP contribution in [0, 0.1) is 0 Å². The molecule has 0 radical (unpaired) electrons. The Hall–Kier alpha value is -2.67. The number of benzene rings is 1. The average Bonchev–Trinajstić information content (AvgIpc) is 2.98. The second-order valence-corrected chi connectivity index (χ2v) is 6.23. The molecule has 1 N–H and O–H groups in total. The quantitative estimate of drug-likeness (QED) is 0.781. The van der Waals surface area contributed by atoms with Gasteiger partial charge in [0.2, 0.25) is 5.91 Å². The van der Waals surface area contributed by atoms with Crippen molar-refractivity contribution in [2.45, 2.75) is 19.4 Å². The molecule has 1 saturated heterocycles. The van der Waals surface area contributed by atoms with Crippen molar-refractivity contribution < 1.29 is 9.53 Å². The first kappa shape index (κ1) is 15.8. The molecule has 130 valence electrons. The molecule has 7 nitrogen and oxygen atoms in total. The number of morpholine rings is 1. The van der Waals surface area contributed by atoms with E-state index in [0.717, 1.165) is 16.3 Å². The van der Waals surface area contributed by atoms with Crippen LogP contribution in [0.2, 0.25) is 0 Å². The number of para-hydroxylation sites is 1. The molecule has 1 fully saturated rings. The van der Waals surface area contributed by atoms with Crippen LogP contribution < -0.4 is 5.56 Å². The average molecular weight is 340 g/mol. The predicted octanol–water partition coefficient (Wildman–Crippen LogP) is 1.52. The molecule has 0 saturated carbocycles. The first-order valence-electron chi connectivity index (χ1n) is 8.56. The number of aromatic amines is 1. The molecule has 3 aromatic rings. The van der Waals surface area contributed by atoms with Gasteiger partial charge in [0, 0.05) is 42.3 Å². The molecule has 0 atom stereocenters. The van der Waals surface area contributed by atoms with Crippen LogP contribution in [0.5, 0.6) is 0 Å². The fourth-order valence-electron chi connectivity index (χ4n) is 3.51. The molecule has 1 aliphatic rings. The van der Waals surface area contributed by atoms with Crippen LogP contribution in [-0.4, -0.2) is 51.9 Å². The molecule has 25 heavy (non-hydrogen) atoms. The monoisotopic (exact) mass is 340 g/mol. The summed E-state index contributed by atoms with van der Waals surface area (Å²) < 4.78 is 7.28. The normalized spacial score (nSPS) is 15.1. The molecule has 0 spiro atoms. The van der Waals surface area contributed by atoms with Crippen molar-refractivity contribution in [3.63, 3.8) is 0 Å². The maximum Gasteiger partial charge on any atom is 0.288 e. The molecule has 1 amide bonds. The van der Waals surface area contributed by atoms with Crippen LogP contribution in [0.3, 0.4) is 0 Å². The lowest BCUT2D eigenvalue weighted by atomic mass is 10.2. The molecule has 4 rings (SSSR count). The molecule has 0 aliphatic carbocycles. The van der Waals surface area contributed by atoms with Crippen molar-refractivity contribution in [2.75, 3.05) is 26.3 Å². The van der Waals surface area contributed by atoms with E-state index in [1.807, 2.05) is 33.7 Å². The van der Waals surface area contributed by atoms with Crippen LogP contribution in [0.1, 0.15) is 12.8 Å². The molecule has 0 bridgehead atoms. The number of rotatable bonds is 4. The highest BCUT2D eigenvalue weighted by atomic mass is 16.5. The first-order chi connectivity index (χ1) is 12.3. The lowest BCUT2D eigenvalue weighted by Gasteiger charge is -2.26. The number of ether oxygens (including phenoxy) is 1. The van der Waals surface area contributed by atoms with Gasteiger partial charge in [-0.2, -0.15) is 5.10 Å². The van der Waals surface area contributed by atoms with Gasteiger partial charge in [-0.3, -0.25) is 9.59 Å². The van der Waals surface area contributed by atoms with Crippen molar-refractivity contribution in [1.82, 2.24) is 19.7 Å². The Morgan fingerprint density at radius 2 is 2.00 bits per heavy atom. The number of carbonyl (C=O) groups excluding carboxylic acids is 1. The third kappa shape index (κ3) is 2.91. The Morgan fingerprint density at radius 1 is 1.20 bits per heavy atom. The smallest absolute Gasteiger partial charge is 0.288 e. The van der Waals surface area contributed by atoms with Gasteiger partial charge in [0.15, 0.2) is 0 Å². The fourth-order valence-corrected chi connectivity index (χ4v) is 3.51. The molecule has 7 heteroatoms. The Morgan fingerprint density at radius 3 is 2.84 bits per heavy atom. The number of nitrogens with zero attached hydrogens (tertiary/aromatic N) is 3. The lowest BCUT2D eigenvalue weighted by molar-refractivity contribution is -0.135. The lowest BCUT2D eigenvalue weighted by Crippen LogP contribution is -2.40. The van der Waals surface area contributed by atoms with E-state index in [4.69, 9.17) is 4.74 Å². The van der Waals surface area contributed by atoms with Crippen LogP contribution in [0.15, 0.2) is 35.3 Å². The number of hydrogen-bond donors (Lipinski definition) is 1. The molecular weight excluding hydrogens is 320 g/mol. The Balaban J connectivity index is 1.58. The molecular formula is C18H20N4O3. The van der Waals surface area contributed by atoms with Crippen molar-refractivity contribution in [3.05, 3.63) is 40.8 Å². The Bertz CT molecular complexity index is 969. The van der Waals surface area contributed by atoms with Gasteiger partial charge in [0.25, 0.3) is 5.56 Å². The number of amides is 1. The number of carbonyl (C=O) groups is 1. The van der Waals surface area contributed by atoms with E-state index in [9.17, 15) is 9.59 Å². The van der Waals surface area contributed by atoms with Crippen LogP contribution in [-0.2, 0) is 16.1 Å². The van der Waals surface area contributed by atoms with Crippen LogP contribution >= 0.6 is 0 Å². The molecule has 1 aliphatic heterocycles. The van der Waals surface area contributed by atoms with Crippen molar-refractivity contribution in [2.24, 2.45) is 0 Å². The van der Waals surface area contributed by atoms with E-state index in [-0.39, 0.29) is 11.5 Å². The summed E-state index contributed by atoms with van der Waals surface area (Å²) in [6.45, 7) is 3.17. The fraction of sp³-hybridized carbons (Fsp3) is 0.389. The number of aromatic nitrogens is 3. The topological polar surface area (TPSA) is 80.2 Å². The minimum atomic E-state index is -0.201. The van der Waals surface area contributed by atoms with Gasteiger partial charge in [-0.05, 0) is 12.5 Å². The predicted molar refractivity (Wildman–Crippen MR) is 94.5 cm³/mol. The van der Waals surface area contributed by atoms with Crippen LogP contribution in [0.25, 0.3) is 21.8 Å². The van der Waals surface area contributed by atoms with Gasteiger partial charge < -0.3 is 14.2 Å². The summed E-state index contributed by atoms with van der Waals surface area (Å²) in [5.74, 6) is 0.152. The zero-order chi connectivity index (χ0) is 17.2. The van der Waals surface area contributed by atoms with E-state index in [2.05, 4.69) is 10.2 Å². The van der Waals surface area contributed by atoms with Crippen molar-refractivity contribution >= 4 is 27.7 Å². The zero-order valence-corrected chi connectivity index (χ0v) is 13.9. The third-order valence-corrected chi connectivity index (χ3v) is 4.72. The van der Waals surface area contributed by atoms with Gasteiger partial charge >= 0.3 is 0 Å². The van der Waals surface area contributed by atoms with E-state index < -0.39 is 0 Å². The summed E-state index contributed by atoms with van der Waals surface area (Å²) in [7, 11) is 0. The number of aryl methyl sites for hydroxylation is 1. The summed E-state index contributed by atoms with van der Waals surface area (Å²) in [6.07, 6.45) is 2.84. The van der Waals surface area contributed by atoms with E-state index in [0.29, 0.717) is 51.2 Å². The second-order valence-electron chi connectivity index (χ2n) is 6.23. The summed E-state index contributed by atoms with van der Waals surface area (Å²) >= 11 is 0. The summed E-state index contributed by atoms with van der Waals surface area (Å²) in [6, 6.07) is 7.90. The van der Waals surface area contributed by atoms with Gasteiger partial charge in [0.05, 0.1) is 19.4 Å². The van der Waals surface area contributed by atoms with Gasteiger partial charge in [-0.15, -0.1) is 0 Å². The molecule has 3 heterocycles.